The summed E-state index contributed by atoms with van der Waals surface area (Å²) in [7, 11) is -3.77. The molecule has 11 heteroatoms. The number of aromatic nitrogens is 2. The molecule has 0 bridgehead atoms. The number of nitriles is 1. The Kier molecular flexibility index (Phi) is 4.23. The van der Waals surface area contributed by atoms with Crippen molar-refractivity contribution in [2.45, 2.75) is 32.3 Å². The van der Waals surface area contributed by atoms with Gasteiger partial charge in [-0.05, 0) is 19.9 Å². The highest BCUT2D eigenvalue weighted by atomic mass is 31.2. The smallest absolute Gasteiger partial charge is 0.383 e. The second-order valence-electron chi connectivity index (χ2n) is 5.65. The average molecular weight is 356 g/mol. The number of fused-ring (bicyclic) bond motifs is 1. The minimum atomic E-state index is -3.77. The van der Waals surface area contributed by atoms with E-state index >= 15 is 0 Å². The van der Waals surface area contributed by atoms with E-state index in [-0.39, 0.29) is 19.0 Å². The van der Waals surface area contributed by atoms with Crippen LogP contribution in [-0.4, -0.2) is 35.0 Å². The third-order valence-electron chi connectivity index (χ3n) is 4.02. The summed E-state index contributed by atoms with van der Waals surface area (Å²) in [5, 5.41) is 9.70. The summed E-state index contributed by atoms with van der Waals surface area (Å²) in [6.45, 7) is 3.26. The monoisotopic (exact) mass is 356 g/mol. The van der Waals surface area contributed by atoms with Crippen LogP contribution in [0.2, 0.25) is 0 Å². The Labute approximate surface area is 137 Å². The van der Waals surface area contributed by atoms with Crippen LogP contribution in [0.3, 0.4) is 0 Å². The molecule has 0 spiro atoms. The van der Waals surface area contributed by atoms with Crippen molar-refractivity contribution >= 4 is 13.6 Å². The topological polar surface area (TPSA) is 139 Å². The number of anilines is 1. The molecular formula is C13H17N4O6P. The molecule has 2 N–H and O–H groups in total. The normalized spacial score (nSPS) is 38.5. The molecule has 2 fully saturated rings. The summed E-state index contributed by atoms with van der Waals surface area (Å²) < 4.78 is 35.0. The van der Waals surface area contributed by atoms with Crippen molar-refractivity contribution < 1.29 is 22.9 Å². The van der Waals surface area contributed by atoms with Gasteiger partial charge in [0, 0.05) is 6.20 Å². The first-order valence-corrected chi connectivity index (χ1v) is 8.78. The highest BCUT2D eigenvalue weighted by Crippen LogP contribution is 2.60. The lowest BCUT2D eigenvalue weighted by Gasteiger charge is -2.34. The van der Waals surface area contributed by atoms with E-state index in [0.717, 1.165) is 4.57 Å². The zero-order valence-electron chi connectivity index (χ0n) is 13.1. The number of nitrogens with zero attached hydrogens (tertiary/aromatic N) is 3. The van der Waals surface area contributed by atoms with Gasteiger partial charge in [0.1, 0.15) is 23.4 Å². The van der Waals surface area contributed by atoms with Gasteiger partial charge in [0.05, 0.1) is 19.3 Å². The maximum Gasteiger partial charge on any atom is 0.475 e. The Morgan fingerprint density at radius 2 is 2.42 bits per heavy atom. The lowest BCUT2D eigenvalue weighted by atomic mass is 9.84. The molecule has 2 saturated heterocycles. The van der Waals surface area contributed by atoms with Crippen LogP contribution >= 0.6 is 7.82 Å². The number of ether oxygens (including phenoxy) is 1. The Bertz CT molecular complexity index is 791. The molecule has 1 aromatic heterocycles. The van der Waals surface area contributed by atoms with Crippen molar-refractivity contribution in [2.24, 2.45) is 5.41 Å². The van der Waals surface area contributed by atoms with Gasteiger partial charge in [0.2, 0.25) is 0 Å². The number of rotatable bonds is 3. The van der Waals surface area contributed by atoms with E-state index in [1.807, 2.05) is 0 Å². The molecule has 0 saturated carbocycles. The molecule has 1 unspecified atom stereocenters. The molecule has 0 aromatic carbocycles. The van der Waals surface area contributed by atoms with Gasteiger partial charge in [-0.15, -0.1) is 0 Å². The average Bonchev–Trinajstić information content (AvgIpc) is 2.81. The first kappa shape index (κ1) is 17.1. The molecular weight excluding hydrogens is 339 g/mol. The number of nitrogen functional groups attached to an aromatic ring is 1. The summed E-state index contributed by atoms with van der Waals surface area (Å²) in [6, 6.07) is 3.53. The van der Waals surface area contributed by atoms with E-state index in [0.29, 0.717) is 0 Å². The van der Waals surface area contributed by atoms with E-state index in [1.54, 1.807) is 13.8 Å². The summed E-state index contributed by atoms with van der Waals surface area (Å²) in [5.41, 5.74) is 3.52. The SMILES string of the molecule is CCOP1(=O)OC[C@H]2O[C@H](n3ccc(N)nc3=O)[C@](C)(C#N)[C@@H]2O1. The molecule has 0 radical (unpaired) electrons. The standard InChI is InChI=1S/C13H17N4O6P/c1-3-20-24(19)21-6-8-10(23-24)13(2,7-14)11(22-8)17-5-4-9(15)16-12(17)18/h4-5,8,10-11H,3,6H2,1-2H3,(H2,15,16,18)/t8-,10-,11+,13-,24?/m1/s1. The largest absolute Gasteiger partial charge is 0.475 e. The van der Waals surface area contributed by atoms with Crippen LogP contribution < -0.4 is 11.4 Å². The maximum absolute atomic E-state index is 12.4. The lowest BCUT2D eigenvalue weighted by molar-refractivity contribution is -0.0718. The third-order valence-corrected chi connectivity index (χ3v) is 5.54. The van der Waals surface area contributed by atoms with Gasteiger partial charge in [-0.3, -0.25) is 18.1 Å². The molecule has 3 rings (SSSR count). The van der Waals surface area contributed by atoms with Crippen molar-refractivity contribution in [1.82, 2.24) is 9.55 Å². The van der Waals surface area contributed by atoms with Gasteiger partial charge in [-0.1, -0.05) is 0 Å². The maximum atomic E-state index is 12.4. The van der Waals surface area contributed by atoms with Crippen molar-refractivity contribution in [1.29, 1.82) is 5.26 Å². The Hall–Kier alpha value is -1.76. The number of phosphoric ester groups is 1. The molecule has 0 aliphatic carbocycles. The van der Waals surface area contributed by atoms with Crippen LogP contribution in [0.25, 0.3) is 0 Å². The molecule has 3 heterocycles. The predicted molar refractivity (Wildman–Crippen MR) is 80.6 cm³/mol. The summed E-state index contributed by atoms with van der Waals surface area (Å²) in [4.78, 5) is 15.7. The highest BCUT2D eigenvalue weighted by Gasteiger charge is 2.61. The van der Waals surface area contributed by atoms with Crippen molar-refractivity contribution in [2.75, 3.05) is 18.9 Å². The van der Waals surface area contributed by atoms with Crippen molar-refractivity contribution in [3.05, 3.63) is 22.7 Å². The van der Waals surface area contributed by atoms with Gasteiger partial charge in [0.25, 0.3) is 0 Å². The minimum Gasteiger partial charge on any atom is -0.383 e. The molecule has 24 heavy (non-hydrogen) atoms. The van der Waals surface area contributed by atoms with E-state index < -0.39 is 37.4 Å². The van der Waals surface area contributed by atoms with E-state index in [4.69, 9.17) is 24.0 Å². The summed E-state index contributed by atoms with van der Waals surface area (Å²) in [6.07, 6.45) is -1.16. The fraction of sp³-hybridized carbons (Fsp3) is 0.615. The van der Waals surface area contributed by atoms with Crippen molar-refractivity contribution in [3.63, 3.8) is 0 Å². The second kappa shape index (κ2) is 5.95. The van der Waals surface area contributed by atoms with Crippen LogP contribution in [0.5, 0.6) is 0 Å². The minimum absolute atomic E-state index is 0.0609. The number of hydrogen-bond donors (Lipinski definition) is 1. The van der Waals surface area contributed by atoms with Crippen LogP contribution in [0.1, 0.15) is 20.1 Å². The van der Waals surface area contributed by atoms with Crippen LogP contribution in [0.4, 0.5) is 5.82 Å². The van der Waals surface area contributed by atoms with Crippen molar-refractivity contribution in [3.8, 4) is 6.07 Å². The van der Waals surface area contributed by atoms with Crippen LogP contribution in [0, 0.1) is 16.7 Å². The van der Waals surface area contributed by atoms with Gasteiger partial charge >= 0.3 is 13.5 Å². The Balaban J connectivity index is 1.99. The summed E-state index contributed by atoms with van der Waals surface area (Å²) >= 11 is 0. The van der Waals surface area contributed by atoms with E-state index in [2.05, 4.69) is 11.1 Å². The highest BCUT2D eigenvalue weighted by molar-refractivity contribution is 7.48. The fourth-order valence-electron chi connectivity index (χ4n) is 2.85. The van der Waals surface area contributed by atoms with E-state index in [9.17, 15) is 14.6 Å². The second-order valence-corrected chi connectivity index (χ2v) is 7.27. The number of hydrogen-bond acceptors (Lipinski definition) is 9. The molecule has 10 nitrogen and oxygen atoms in total. The quantitative estimate of drug-likeness (QED) is 0.779. The summed E-state index contributed by atoms with van der Waals surface area (Å²) in [5.74, 6) is 0.0609. The lowest BCUT2D eigenvalue weighted by Crippen LogP contribution is -2.43. The number of phosphoric acid groups is 1. The first-order valence-electron chi connectivity index (χ1n) is 7.32. The third kappa shape index (κ3) is 2.64. The van der Waals surface area contributed by atoms with Gasteiger partial charge < -0.3 is 10.5 Å². The predicted octanol–water partition coefficient (Wildman–Crippen LogP) is 0.813. The molecule has 2 aliphatic rings. The molecule has 5 atom stereocenters. The zero-order chi connectivity index (χ0) is 17.5. The number of nitrogens with two attached hydrogens (primary N) is 1. The molecule has 2 aliphatic heterocycles. The van der Waals surface area contributed by atoms with Gasteiger partial charge in [0.15, 0.2) is 6.23 Å². The van der Waals surface area contributed by atoms with E-state index in [1.165, 1.54) is 12.3 Å². The molecule has 0 amide bonds. The van der Waals surface area contributed by atoms with Crippen LogP contribution in [0.15, 0.2) is 17.1 Å². The molecule has 130 valence electrons. The van der Waals surface area contributed by atoms with Gasteiger partial charge in [-0.2, -0.15) is 10.2 Å². The van der Waals surface area contributed by atoms with Crippen LogP contribution in [-0.2, 0) is 22.9 Å². The fourth-order valence-corrected chi connectivity index (χ4v) is 4.32. The van der Waals surface area contributed by atoms with Gasteiger partial charge in [-0.25, -0.2) is 9.36 Å². The first-order chi connectivity index (χ1) is 11.3. The molecule has 1 aromatic rings. The Morgan fingerprint density at radius 1 is 1.67 bits per heavy atom. The Morgan fingerprint density at radius 3 is 3.04 bits per heavy atom. The zero-order valence-corrected chi connectivity index (χ0v) is 14.0.